The number of aliphatic carboxylic acids is 1. The molecule has 68 valence electrons. The molecule has 0 aromatic heterocycles. The minimum atomic E-state index is -2.08. The van der Waals surface area contributed by atoms with Crippen LogP contribution in [-0.4, -0.2) is 17.2 Å². The molecular weight excluding hydrogens is 226 g/mol. The molecule has 1 N–H and O–H groups in total. The topological polar surface area (TPSA) is 100 Å². The maximum Gasteiger partial charge on any atom is 1.00 e. The Morgan fingerprint density at radius 2 is 1.57 bits per heavy atom. The van der Waals surface area contributed by atoms with E-state index in [0.717, 1.165) is 6.08 Å². The Balaban J connectivity index is -0.0000000733. The Morgan fingerprint density at radius 3 is 1.79 bits per heavy atom. The molecule has 0 aliphatic carbocycles. The van der Waals surface area contributed by atoms with Gasteiger partial charge < -0.3 is 24.9 Å². The summed E-state index contributed by atoms with van der Waals surface area (Å²) in [6.07, 6.45) is 3.66. The molecule has 0 saturated carbocycles. The summed E-state index contributed by atoms with van der Waals surface area (Å²) in [5, 5.41) is 24.9. The van der Waals surface area contributed by atoms with E-state index in [1.54, 1.807) is 19.1 Å². The van der Waals surface area contributed by atoms with Crippen LogP contribution in [0, 0.1) is 0 Å². The maximum atomic E-state index is 9.64. The van der Waals surface area contributed by atoms with Crippen molar-refractivity contribution >= 4 is 12.1 Å². The molecule has 0 amide bonds. The summed E-state index contributed by atoms with van der Waals surface area (Å²) in [7, 11) is 0. The minimum Gasteiger partial charge on any atom is -0.565 e. The van der Waals surface area contributed by atoms with Crippen molar-refractivity contribution in [2.45, 2.75) is 6.92 Å². The summed E-state index contributed by atoms with van der Waals surface area (Å²) in [6, 6.07) is 0. The van der Waals surface area contributed by atoms with Gasteiger partial charge in [0.05, 0.1) is 5.97 Å². The van der Waals surface area contributed by atoms with Crippen LogP contribution in [-0.2, 0) is 4.79 Å². The summed E-state index contributed by atoms with van der Waals surface area (Å²) >= 11 is 0. The number of carbonyl (C=O) groups excluding carboxylic acids is 1. The van der Waals surface area contributed by atoms with Gasteiger partial charge in [-0.3, -0.25) is 0 Å². The van der Waals surface area contributed by atoms with Crippen LogP contribution in [0.15, 0.2) is 24.3 Å². The van der Waals surface area contributed by atoms with Gasteiger partial charge in [-0.05, 0) is 13.0 Å². The molecule has 0 aliphatic rings. The summed E-state index contributed by atoms with van der Waals surface area (Å²) in [4.78, 5) is 18.1. The van der Waals surface area contributed by atoms with Crippen LogP contribution < -0.4 is 91.2 Å². The fourth-order valence-electron chi connectivity index (χ4n) is 0.245. The molecule has 0 radical (unpaired) electrons. The van der Waals surface area contributed by atoms with Crippen molar-refractivity contribution in [1.29, 1.82) is 0 Å². The van der Waals surface area contributed by atoms with Gasteiger partial charge >= 0.3 is 80.9 Å². The van der Waals surface area contributed by atoms with Gasteiger partial charge in [-0.2, -0.15) is 0 Å². The predicted molar refractivity (Wildman–Crippen MR) is 37.0 cm³/mol. The second-order valence-corrected chi connectivity index (χ2v) is 1.47. The molecule has 0 heterocycles. The van der Waals surface area contributed by atoms with Crippen molar-refractivity contribution in [1.82, 2.24) is 0 Å². The third-order valence-corrected chi connectivity index (χ3v) is 0.536. The first-order valence-electron chi connectivity index (χ1n) is 2.91. The molecular formula is C7H8KNaO5. The molecule has 0 spiro atoms. The van der Waals surface area contributed by atoms with E-state index in [1.807, 2.05) is 0 Å². The molecule has 0 aromatic rings. The second-order valence-electron chi connectivity index (χ2n) is 1.47. The standard InChI is InChI=1S/C6H8O2.CH2O3.K.Na/c1-2-3-4-5-6(7)8;2-1(3)4;;/h2-5H,1H3,(H,7,8);(H2,2,3,4);;/q;;2*+1/p-2. The molecule has 5 nitrogen and oxygen atoms in total. The third-order valence-electron chi connectivity index (χ3n) is 0.536. The largest absolute Gasteiger partial charge is 1.00 e. The molecule has 0 rings (SSSR count). The number of hydrogen-bond acceptors (Lipinski definition) is 4. The van der Waals surface area contributed by atoms with Gasteiger partial charge in [0, 0.05) is 0 Å². The average Bonchev–Trinajstić information content (AvgIpc) is 1.86. The average molecular weight is 234 g/mol. The van der Waals surface area contributed by atoms with Gasteiger partial charge in [-0.1, -0.05) is 18.2 Å². The van der Waals surface area contributed by atoms with Gasteiger partial charge in [0.2, 0.25) is 6.16 Å². The van der Waals surface area contributed by atoms with E-state index in [9.17, 15) is 9.90 Å². The number of carboxylic acid groups (broad SMARTS) is 3. The Labute approximate surface area is 147 Å². The molecule has 0 atom stereocenters. The fourth-order valence-corrected chi connectivity index (χ4v) is 0.245. The minimum absolute atomic E-state index is 0. The Kier molecular flexibility index (Phi) is 33.6. The van der Waals surface area contributed by atoms with Crippen molar-refractivity contribution < 1.29 is 106 Å². The fraction of sp³-hybridized carbons (Fsp3) is 0.143. The van der Waals surface area contributed by atoms with Gasteiger partial charge in [0.25, 0.3) is 0 Å². The van der Waals surface area contributed by atoms with Crippen LogP contribution in [0.5, 0.6) is 0 Å². The van der Waals surface area contributed by atoms with Crippen LogP contribution in [0.4, 0.5) is 4.79 Å². The monoisotopic (exact) mass is 234 g/mol. The number of carboxylic acids is 1. The SMILES string of the molecule is CC=CC=CC(=O)[O-].O=C([O-])O.[K+].[Na+]. The molecule has 14 heavy (non-hydrogen) atoms. The molecule has 0 fully saturated rings. The first kappa shape index (κ1) is 24.2. The number of carbonyl (C=O) groups is 2. The van der Waals surface area contributed by atoms with Crippen molar-refractivity contribution in [3.63, 3.8) is 0 Å². The van der Waals surface area contributed by atoms with E-state index in [2.05, 4.69) is 0 Å². The van der Waals surface area contributed by atoms with E-state index in [1.165, 1.54) is 6.08 Å². The van der Waals surface area contributed by atoms with E-state index >= 15 is 0 Å². The Bertz CT molecular complexity index is 198. The van der Waals surface area contributed by atoms with Gasteiger partial charge in [-0.15, -0.1) is 0 Å². The third kappa shape index (κ3) is 52.7. The van der Waals surface area contributed by atoms with Gasteiger partial charge in [0.15, 0.2) is 0 Å². The van der Waals surface area contributed by atoms with Crippen molar-refractivity contribution in [2.75, 3.05) is 0 Å². The molecule has 0 aromatic carbocycles. The zero-order chi connectivity index (χ0) is 9.98. The first-order valence-corrected chi connectivity index (χ1v) is 2.91. The second kappa shape index (κ2) is 19.4. The number of rotatable bonds is 2. The van der Waals surface area contributed by atoms with Gasteiger partial charge in [-0.25, -0.2) is 0 Å². The van der Waals surface area contributed by atoms with Crippen molar-refractivity contribution in [3.8, 4) is 0 Å². The number of hydrogen-bond donors (Lipinski definition) is 1. The zero-order valence-corrected chi connectivity index (χ0v) is 13.5. The number of allylic oxidation sites excluding steroid dienone is 3. The normalized spacial score (nSPS) is 8.07. The van der Waals surface area contributed by atoms with Gasteiger partial charge in [0.1, 0.15) is 0 Å². The van der Waals surface area contributed by atoms with Crippen LogP contribution in [0.25, 0.3) is 0 Å². The Morgan fingerprint density at radius 1 is 1.21 bits per heavy atom. The summed E-state index contributed by atoms with van der Waals surface area (Å²) in [6.45, 7) is 1.81. The quantitative estimate of drug-likeness (QED) is 0.290. The van der Waals surface area contributed by atoms with Crippen LogP contribution in [0.1, 0.15) is 6.92 Å². The Hall–Kier alpha value is 0.856. The summed E-state index contributed by atoms with van der Waals surface area (Å²) in [5.74, 6) is -1.16. The first-order chi connectivity index (χ1) is 5.50. The van der Waals surface area contributed by atoms with E-state index < -0.39 is 12.1 Å². The van der Waals surface area contributed by atoms with Crippen molar-refractivity contribution in [3.05, 3.63) is 24.3 Å². The van der Waals surface area contributed by atoms with Crippen LogP contribution in [0.3, 0.4) is 0 Å². The van der Waals surface area contributed by atoms with E-state index in [-0.39, 0.29) is 80.9 Å². The summed E-state index contributed by atoms with van der Waals surface area (Å²) in [5.41, 5.74) is 0. The maximum absolute atomic E-state index is 9.64. The molecule has 0 bridgehead atoms. The molecule has 0 saturated heterocycles. The zero-order valence-electron chi connectivity index (χ0n) is 8.39. The van der Waals surface area contributed by atoms with Crippen LogP contribution >= 0.6 is 0 Å². The molecule has 0 aliphatic heterocycles. The molecule has 7 heteroatoms. The van der Waals surface area contributed by atoms with Crippen LogP contribution in [0.2, 0.25) is 0 Å². The van der Waals surface area contributed by atoms with E-state index in [4.69, 9.17) is 15.0 Å². The van der Waals surface area contributed by atoms with Crippen molar-refractivity contribution in [2.24, 2.45) is 0 Å². The summed E-state index contributed by atoms with van der Waals surface area (Å²) < 4.78 is 0. The smallest absolute Gasteiger partial charge is 0.565 e. The molecule has 0 unspecified atom stereocenters. The predicted octanol–water partition coefficient (Wildman–Crippen LogP) is -7.24. The van der Waals surface area contributed by atoms with E-state index in [0.29, 0.717) is 0 Å².